The molecular weight excluding hydrogens is 509 g/mol. The number of rotatable bonds is 7. The van der Waals surface area contributed by atoms with Crippen molar-refractivity contribution in [3.05, 3.63) is 69.0 Å². The number of halogens is 6. The molecule has 11 heteroatoms. The Morgan fingerprint density at radius 1 is 1.14 bits per heavy atom. The molecule has 2 aliphatic rings. The maximum Gasteiger partial charge on any atom is 0.416 e. The van der Waals surface area contributed by atoms with Gasteiger partial charge in [0.15, 0.2) is 0 Å². The molecule has 5 nitrogen and oxygen atoms in total. The van der Waals surface area contributed by atoms with Crippen LogP contribution in [0.1, 0.15) is 36.0 Å². The molecule has 35 heavy (non-hydrogen) atoms. The first-order chi connectivity index (χ1) is 16.5. The normalized spacial score (nSPS) is 19.8. The smallest absolute Gasteiger partial charge is 0.350 e. The van der Waals surface area contributed by atoms with E-state index in [1.807, 2.05) is 0 Å². The first-order valence-electron chi connectivity index (χ1n) is 11.1. The Kier molecular flexibility index (Phi) is 7.31. The Morgan fingerprint density at radius 3 is 2.46 bits per heavy atom. The van der Waals surface area contributed by atoms with E-state index in [4.69, 9.17) is 23.2 Å². The number of hydrogen-bond donors (Lipinski definition) is 3. The highest BCUT2D eigenvalue weighted by Crippen LogP contribution is 2.50. The zero-order valence-electron chi connectivity index (χ0n) is 18.4. The average molecular weight is 532 g/mol. The van der Waals surface area contributed by atoms with Crippen molar-refractivity contribution in [1.29, 1.82) is 0 Å². The highest BCUT2D eigenvalue weighted by Gasteiger charge is 2.53. The lowest BCUT2D eigenvalue weighted by atomic mass is 9.92. The second-order valence-corrected chi connectivity index (χ2v) is 9.78. The largest absolute Gasteiger partial charge is 0.416 e. The third-order valence-electron chi connectivity index (χ3n) is 6.46. The molecule has 3 N–H and O–H groups in total. The second kappa shape index (κ2) is 9.95. The molecule has 2 amide bonds. The summed E-state index contributed by atoms with van der Waals surface area (Å²) in [6, 6.07) is 5.80. The fourth-order valence-corrected chi connectivity index (χ4v) is 4.80. The maximum atomic E-state index is 14.7. The van der Waals surface area contributed by atoms with E-state index in [0.717, 1.165) is 25.1 Å². The summed E-state index contributed by atoms with van der Waals surface area (Å²) in [5.41, 5.74) is -2.00. The Balaban J connectivity index is 1.57. The van der Waals surface area contributed by atoms with Crippen LogP contribution in [-0.4, -0.2) is 37.0 Å². The summed E-state index contributed by atoms with van der Waals surface area (Å²) < 4.78 is 53.5. The lowest BCUT2D eigenvalue weighted by Crippen LogP contribution is -2.53. The predicted octanol–water partition coefficient (Wildman–Crippen LogP) is 4.39. The van der Waals surface area contributed by atoms with Gasteiger partial charge in [-0.1, -0.05) is 35.3 Å². The Bertz CT molecular complexity index is 1130. The Morgan fingerprint density at radius 2 is 1.89 bits per heavy atom. The van der Waals surface area contributed by atoms with E-state index >= 15 is 0 Å². The van der Waals surface area contributed by atoms with E-state index in [2.05, 4.69) is 16.0 Å². The number of nitrogens with one attached hydrogen (secondary N) is 3. The van der Waals surface area contributed by atoms with E-state index in [0.29, 0.717) is 28.2 Å². The van der Waals surface area contributed by atoms with Gasteiger partial charge in [-0.2, -0.15) is 13.2 Å². The van der Waals surface area contributed by atoms with Gasteiger partial charge in [0.1, 0.15) is 11.9 Å². The molecular formula is C24H23Cl2F4N3O2. The minimum absolute atomic E-state index is 0.0549. The van der Waals surface area contributed by atoms with Gasteiger partial charge < -0.3 is 16.0 Å². The standard InChI is InChI=1S/C24H23Cl2F4N3O2/c25-15-3-1-13(18(26)11-15)9-20(21(34)32-16-5-8-31-12-16)33-22(35)23(6-7-23)17-4-2-14(10-19(17)27)24(28,29)30/h1-4,10-11,16,20,31H,5-9,12H2,(H,32,34)(H,33,35)/t16-,20-/m0/s1. The summed E-state index contributed by atoms with van der Waals surface area (Å²) in [5, 5.41) is 9.47. The molecule has 188 valence electrons. The molecule has 4 rings (SSSR count). The Hall–Kier alpha value is -2.36. The van der Waals surface area contributed by atoms with Crippen molar-refractivity contribution in [2.24, 2.45) is 0 Å². The molecule has 1 saturated carbocycles. The first-order valence-corrected chi connectivity index (χ1v) is 11.9. The number of hydrogen-bond acceptors (Lipinski definition) is 3. The fraction of sp³-hybridized carbons (Fsp3) is 0.417. The minimum Gasteiger partial charge on any atom is -0.350 e. The zero-order chi connectivity index (χ0) is 25.4. The number of alkyl halides is 3. The van der Waals surface area contributed by atoms with Gasteiger partial charge in [0.05, 0.1) is 11.0 Å². The Labute approximate surface area is 209 Å². The van der Waals surface area contributed by atoms with Gasteiger partial charge >= 0.3 is 6.18 Å². The van der Waals surface area contributed by atoms with Crippen LogP contribution in [0.2, 0.25) is 10.0 Å². The van der Waals surface area contributed by atoms with Crippen LogP contribution < -0.4 is 16.0 Å². The van der Waals surface area contributed by atoms with E-state index in [1.165, 1.54) is 6.07 Å². The molecule has 2 fully saturated rings. The van der Waals surface area contributed by atoms with Crippen LogP contribution in [0.25, 0.3) is 0 Å². The highest BCUT2D eigenvalue weighted by molar-refractivity contribution is 6.35. The monoisotopic (exact) mass is 531 g/mol. The summed E-state index contributed by atoms with van der Waals surface area (Å²) in [7, 11) is 0. The van der Waals surface area contributed by atoms with E-state index in [9.17, 15) is 27.2 Å². The third-order valence-corrected chi connectivity index (χ3v) is 7.05. The second-order valence-electron chi connectivity index (χ2n) is 8.94. The van der Waals surface area contributed by atoms with Gasteiger partial charge in [0, 0.05) is 34.6 Å². The van der Waals surface area contributed by atoms with E-state index in [1.54, 1.807) is 12.1 Å². The molecule has 0 unspecified atom stereocenters. The third kappa shape index (κ3) is 5.73. The lowest BCUT2D eigenvalue weighted by molar-refractivity contribution is -0.137. The van der Waals surface area contributed by atoms with Gasteiger partial charge in [0.2, 0.25) is 11.8 Å². The van der Waals surface area contributed by atoms with Crippen molar-refractivity contribution in [3.8, 4) is 0 Å². The van der Waals surface area contributed by atoms with Crippen LogP contribution in [0.15, 0.2) is 36.4 Å². The summed E-state index contributed by atoms with van der Waals surface area (Å²) in [6.07, 6.45) is -3.41. The number of amides is 2. The summed E-state index contributed by atoms with van der Waals surface area (Å²) in [4.78, 5) is 26.4. The molecule has 2 aromatic rings. The van der Waals surface area contributed by atoms with Crippen LogP contribution in [0.5, 0.6) is 0 Å². The predicted molar refractivity (Wildman–Crippen MR) is 124 cm³/mol. The zero-order valence-corrected chi connectivity index (χ0v) is 20.0. The lowest BCUT2D eigenvalue weighted by Gasteiger charge is -2.24. The summed E-state index contributed by atoms with van der Waals surface area (Å²) in [5.74, 6) is -2.15. The van der Waals surface area contributed by atoms with E-state index in [-0.39, 0.29) is 30.9 Å². The van der Waals surface area contributed by atoms with Gasteiger partial charge in [0.25, 0.3) is 0 Å². The average Bonchev–Trinajstić information content (AvgIpc) is 3.43. The van der Waals surface area contributed by atoms with Crippen LogP contribution in [0.4, 0.5) is 17.6 Å². The molecule has 0 aromatic heterocycles. The summed E-state index contributed by atoms with van der Waals surface area (Å²) >= 11 is 12.2. The van der Waals surface area contributed by atoms with Crippen LogP contribution in [0.3, 0.4) is 0 Å². The number of carbonyl (C=O) groups is 2. The molecule has 0 bridgehead atoms. The first kappa shape index (κ1) is 25.7. The van der Waals surface area contributed by atoms with Gasteiger partial charge in [-0.05, 0) is 55.6 Å². The molecule has 1 saturated heterocycles. The molecule has 1 aliphatic carbocycles. The van der Waals surface area contributed by atoms with Gasteiger partial charge in [-0.25, -0.2) is 4.39 Å². The van der Waals surface area contributed by atoms with Crippen molar-refractivity contribution >= 4 is 35.0 Å². The van der Waals surface area contributed by atoms with Crippen LogP contribution in [-0.2, 0) is 27.6 Å². The maximum absolute atomic E-state index is 14.7. The molecule has 1 heterocycles. The molecule has 2 atom stereocenters. The fourth-order valence-electron chi connectivity index (χ4n) is 4.32. The summed E-state index contributed by atoms with van der Waals surface area (Å²) in [6.45, 7) is 1.34. The quantitative estimate of drug-likeness (QED) is 0.464. The molecule has 1 aliphatic heterocycles. The van der Waals surface area contributed by atoms with E-state index < -0.39 is 40.8 Å². The highest BCUT2D eigenvalue weighted by atomic mass is 35.5. The van der Waals surface area contributed by atoms with Crippen LogP contribution >= 0.6 is 23.2 Å². The van der Waals surface area contributed by atoms with Crippen molar-refractivity contribution in [2.45, 2.75) is 49.4 Å². The van der Waals surface area contributed by atoms with Gasteiger partial charge in [-0.15, -0.1) is 0 Å². The minimum atomic E-state index is -4.70. The molecule has 0 spiro atoms. The molecule has 0 radical (unpaired) electrons. The number of benzene rings is 2. The topological polar surface area (TPSA) is 70.2 Å². The van der Waals surface area contributed by atoms with Crippen molar-refractivity contribution in [1.82, 2.24) is 16.0 Å². The van der Waals surface area contributed by atoms with Crippen molar-refractivity contribution in [3.63, 3.8) is 0 Å². The molecule has 2 aromatic carbocycles. The van der Waals surface area contributed by atoms with Gasteiger partial charge in [-0.3, -0.25) is 9.59 Å². The van der Waals surface area contributed by atoms with Crippen molar-refractivity contribution < 1.29 is 27.2 Å². The SMILES string of the molecule is O=C(N[C@H]1CCNC1)[C@H](Cc1ccc(Cl)cc1Cl)NC(=O)C1(c2ccc(C(F)(F)F)cc2F)CC1. The number of carbonyl (C=O) groups excluding carboxylic acids is 2. The van der Waals surface area contributed by atoms with Crippen LogP contribution in [0, 0.1) is 5.82 Å². The van der Waals surface area contributed by atoms with Crippen molar-refractivity contribution in [2.75, 3.05) is 13.1 Å².